The van der Waals surface area contributed by atoms with Crippen LogP contribution in [0.25, 0.3) is 5.69 Å². The molecule has 3 aromatic rings. The first kappa shape index (κ1) is 18.8. The van der Waals surface area contributed by atoms with Gasteiger partial charge in [0.05, 0.1) is 24.4 Å². The highest BCUT2D eigenvalue weighted by atomic mass is 35.5. The lowest BCUT2D eigenvalue weighted by molar-refractivity contribution is 0.102. The smallest absolute Gasteiger partial charge is 0.257 e. The van der Waals surface area contributed by atoms with Crippen molar-refractivity contribution in [3.05, 3.63) is 65.3 Å². The first-order valence-electron chi connectivity index (χ1n) is 8.55. The number of aromatic nitrogens is 2. The number of nitrogens with zero attached hydrogens (tertiary/aromatic N) is 2. The fraction of sp³-hybridized carbons (Fsp3) is 0.200. The van der Waals surface area contributed by atoms with Crippen LogP contribution in [0.3, 0.4) is 0 Å². The van der Waals surface area contributed by atoms with E-state index in [1.165, 1.54) is 7.11 Å². The number of carbonyl (C=O) groups excluding carboxylic acids is 1. The van der Waals surface area contributed by atoms with E-state index in [1.807, 2.05) is 37.3 Å². The van der Waals surface area contributed by atoms with Gasteiger partial charge in [0.2, 0.25) is 0 Å². The Morgan fingerprint density at radius 3 is 2.70 bits per heavy atom. The molecule has 0 fully saturated rings. The minimum Gasteiger partial charge on any atom is -0.493 e. The number of carbonyl (C=O) groups is 1. The number of nitrogens with one attached hydrogen (secondary N) is 1. The summed E-state index contributed by atoms with van der Waals surface area (Å²) >= 11 is 6.28. The van der Waals surface area contributed by atoms with Crippen molar-refractivity contribution in [2.75, 3.05) is 19.0 Å². The van der Waals surface area contributed by atoms with Crippen LogP contribution in [-0.4, -0.2) is 29.4 Å². The maximum absolute atomic E-state index is 12.6. The monoisotopic (exact) mass is 385 g/mol. The van der Waals surface area contributed by atoms with Crippen LogP contribution in [-0.2, 0) is 0 Å². The maximum atomic E-state index is 12.6. The summed E-state index contributed by atoms with van der Waals surface area (Å²) in [6, 6.07) is 14.5. The zero-order chi connectivity index (χ0) is 19.2. The second-order valence-electron chi connectivity index (χ2n) is 5.77. The molecule has 1 N–H and O–H groups in total. The van der Waals surface area contributed by atoms with E-state index in [9.17, 15) is 4.79 Å². The number of benzene rings is 2. The van der Waals surface area contributed by atoms with Crippen molar-refractivity contribution in [2.45, 2.75) is 13.3 Å². The van der Waals surface area contributed by atoms with Gasteiger partial charge in [0, 0.05) is 17.8 Å². The Kier molecular flexibility index (Phi) is 5.98. The number of amides is 1. The summed E-state index contributed by atoms with van der Waals surface area (Å²) in [6.07, 6.45) is 2.62. The van der Waals surface area contributed by atoms with E-state index < -0.39 is 0 Å². The van der Waals surface area contributed by atoms with Crippen LogP contribution in [0, 0.1) is 0 Å². The van der Waals surface area contributed by atoms with E-state index in [0.29, 0.717) is 34.5 Å². The molecule has 0 spiro atoms. The van der Waals surface area contributed by atoms with Crippen molar-refractivity contribution in [2.24, 2.45) is 0 Å². The van der Waals surface area contributed by atoms with Gasteiger partial charge >= 0.3 is 0 Å². The molecule has 1 aromatic heterocycles. The third-order valence-electron chi connectivity index (χ3n) is 3.79. The normalized spacial score (nSPS) is 10.5. The Balaban J connectivity index is 1.78. The molecular weight excluding hydrogens is 366 g/mol. The molecule has 0 aliphatic carbocycles. The van der Waals surface area contributed by atoms with Crippen LogP contribution in [0.4, 0.5) is 5.82 Å². The van der Waals surface area contributed by atoms with Gasteiger partial charge in [0.1, 0.15) is 0 Å². The van der Waals surface area contributed by atoms with Crippen LogP contribution in [0.15, 0.2) is 54.7 Å². The van der Waals surface area contributed by atoms with Crippen LogP contribution >= 0.6 is 11.6 Å². The van der Waals surface area contributed by atoms with E-state index in [1.54, 1.807) is 29.1 Å². The topological polar surface area (TPSA) is 65.4 Å². The fourth-order valence-corrected chi connectivity index (χ4v) is 2.76. The van der Waals surface area contributed by atoms with Crippen molar-refractivity contribution >= 4 is 23.3 Å². The van der Waals surface area contributed by atoms with Gasteiger partial charge in [0.25, 0.3) is 5.91 Å². The second-order valence-corrected chi connectivity index (χ2v) is 6.18. The second kappa shape index (κ2) is 8.60. The molecule has 7 heteroatoms. The van der Waals surface area contributed by atoms with Gasteiger partial charge in [-0.25, -0.2) is 4.68 Å². The summed E-state index contributed by atoms with van der Waals surface area (Å²) in [6.45, 7) is 2.51. The number of rotatable bonds is 7. The Labute approximate surface area is 162 Å². The number of hydrogen-bond donors (Lipinski definition) is 1. The Morgan fingerprint density at radius 1 is 1.22 bits per heavy atom. The molecule has 2 aromatic carbocycles. The predicted molar refractivity (Wildman–Crippen MR) is 105 cm³/mol. The number of hydrogen-bond acceptors (Lipinski definition) is 4. The summed E-state index contributed by atoms with van der Waals surface area (Å²) in [5.74, 6) is 0.947. The summed E-state index contributed by atoms with van der Waals surface area (Å²) in [7, 11) is 1.51. The molecule has 3 rings (SSSR count). The molecule has 0 saturated heterocycles. The highest BCUT2D eigenvalue weighted by molar-refractivity contribution is 6.32. The average molecular weight is 386 g/mol. The molecule has 1 heterocycles. The molecule has 140 valence electrons. The maximum Gasteiger partial charge on any atom is 0.257 e. The molecule has 0 bridgehead atoms. The van der Waals surface area contributed by atoms with Gasteiger partial charge in [-0.1, -0.05) is 36.7 Å². The molecule has 1 amide bonds. The lowest BCUT2D eigenvalue weighted by Gasteiger charge is -2.13. The Bertz CT molecular complexity index is 925. The summed E-state index contributed by atoms with van der Waals surface area (Å²) in [5.41, 5.74) is 1.26. The molecule has 0 atom stereocenters. The lowest BCUT2D eigenvalue weighted by Crippen LogP contribution is -2.13. The van der Waals surface area contributed by atoms with Crippen molar-refractivity contribution in [3.63, 3.8) is 0 Å². The SMILES string of the molecule is CCCOc1c(Cl)cc(C(=O)Nc2ccn(-c3ccccc3)n2)cc1OC. The van der Waals surface area contributed by atoms with Crippen LogP contribution in [0.1, 0.15) is 23.7 Å². The van der Waals surface area contributed by atoms with Crippen molar-refractivity contribution in [1.82, 2.24) is 9.78 Å². The van der Waals surface area contributed by atoms with Gasteiger partial charge in [-0.05, 0) is 30.7 Å². The van der Waals surface area contributed by atoms with Crippen molar-refractivity contribution < 1.29 is 14.3 Å². The van der Waals surface area contributed by atoms with Gasteiger partial charge in [-0.15, -0.1) is 0 Å². The molecule has 0 saturated carbocycles. The fourth-order valence-electron chi connectivity index (χ4n) is 2.50. The van der Waals surface area contributed by atoms with Gasteiger partial charge < -0.3 is 14.8 Å². The average Bonchev–Trinajstić information content (AvgIpc) is 3.15. The van der Waals surface area contributed by atoms with Crippen LogP contribution < -0.4 is 14.8 Å². The lowest BCUT2D eigenvalue weighted by atomic mass is 10.2. The highest BCUT2D eigenvalue weighted by Crippen LogP contribution is 2.36. The van der Waals surface area contributed by atoms with E-state index in [0.717, 1.165) is 12.1 Å². The molecule has 0 aliphatic heterocycles. The zero-order valence-electron chi connectivity index (χ0n) is 15.1. The molecule has 0 aliphatic rings. The van der Waals surface area contributed by atoms with Gasteiger partial charge in [-0.3, -0.25) is 4.79 Å². The van der Waals surface area contributed by atoms with E-state index in [4.69, 9.17) is 21.1 Å². The third kappa shape index (κ3) is 4.41. The van der Waals surface area contributed by atoms with E-state index >= 15 is 0 Å². The Morgan fingerprint density at radius 2 is 2.00 bits per heavy atom. The first-order valence-corrected chi connectivity index (χ1v) is 8.93. The van der Waals surface area contributed by atoms with Crippen molar-refractivity contribution in [3.8, 4) is 17.2 Å². The zero-order valence-corrected chi connectivity index (χ0v) is 15.9. The number of ether oxygens (including phenoxy) is 2. The number of para-hydroxylation sites is 1. The van der Waals surface area contributed by atoms with Crippen LogP contribution in [0.5, 0.6) is 11.5 Å². The third-order valence-corrected chi connectivity index (χ3v) is 4.07. The summed E-state index contributed by atoms with van der Waals surface area (Å²) in [5, 5.41) is 7.45. The van der Waals surface area contributed by atoms with Gasteiger partial charge in [0.15, 0.2) is 17.3 Å². The summed E-state index contributed by atoms with van der Waals surface area (Å²) < 4.78 is 12.6. The summed E-state index contributed by atoms with van der Waals surface area (Å²) in [4.78, 5) is 12.6. The predicted octanol–water partition coefficient (Wildman–Crippen LogP) is 4.58. The Hall–Kier alpha value is -2.99. The van der Waals surface area contributed by atoms with E-state index in [-0.39, 0.29) is 5.91 Å². The van der Waals surface area contributed by atoms with E-state index in [2.05, 4.69) is 10.4 Å². The minimum absolute atomic E-state index is 0.322. The molecule has 27 heavy (non-hydrogen) atoms. The molecular formula is C20H20ClN3O3. The number of methoxy groups -OCH3 is 1. The molecule has 6 nitrogen and oxygen atoms in total. The minimum atomic E-state index is -0.337. The largest absolute Gasteiger partial charge is 0.493 e. The highest BCUT2D eigenvalue weighted by Gasteiger charge is 2.16. The standard InChI is InChI=1S/C20H20ClN3O3/c1-3-11-27-19-16(21)12-14(13-17(19)26-2)20(25)22-18-9-10-24(23-18)15-7-5-4-6-8-15/h4-10,12-13H,3,11H2,1-2H3,(H,22,23,25). The first-order chi connectivity index (χ1) is 13.1. The molecule has 0 radical (unpaired) electrons. The number of halogens is 1. The number of anilines is 1. The van der Waals surface area contributed by atoms with Crippen molar-refractivity contribution in [1.29, 1.82) is 0 Å². The molecule has 0 unspecified atom stereocenters. The van der Waals surface area contributed by atoms with Gasteiger partial charge in [-0.2, -0.15) is 5.10 Å². The quantitative estimate of drug-likeness (QED) is 0.646. The van der Waals surface area contributed by atoms with Crippen LogP contribution in [0.2, 0.25) is 5.02 Å².